The molecule has 0 aromatic carbocycles. The van der Waals surface area contributed by atoms with E-state index in [1.807, 2.05) is 11.0 Å². The summed E-state index contributed by atoms with van der Waals surface area (Å²) in [6, 6.07) is 3.94. The summed E-state index contributed by atoms with van der Waals surface area (Å²) in [5, 5.41) is 21.2. The van der Waals surface area contributed by atoms with Crippen molar-refractivity contribution < 1.29 is 9.90 Å². The Hall–Kier alpha value is -3.38. The molecule has 1 amide bonds. The topological polar surface area (TPSA) is 151 Å². The Kier molecular flexibility index (Phi) is 5.34. The van der Waals surface area contributed by atoms with Crippen LogP contribution in [0.25, 0.3) is 16.8 Å². The lowest BCUT2D eigenvalue weighted by molar-refractivity contribution is 0.0557. The number of aromatic nitrogens is 7. The molecular formula is C24H26BrN9O2. The fourth-order valence-electron chi connectivity index (χ4n) is 5.57. The molecule has 0 aliphatic carbocycles. The maximum atomic E-state index is 13.0. The Morgan fingerprint density at radius 1 is 1.19 bits per heavy atom. The number of nitrogen functional groups attached to an aromatic ring is 1. The van der Waals surface area contributed by atoms with Gasteiger partial charge in [0.25, 0.3) is 5.91 Å². The average Bonchev–Trinajstić information content (AvgIpc) is 3.59. The van der Waals surface area contributed by atoms with Crippen molar-refractivity contribution in [3.63, 3.8) is 0 Å². The van der Waals surface area contributed by atoms with Gasteiger partial charge in [0.1, 0.15) is 17.7 Å². The third-order valence-corrected chi connectivity index (χ3v) is 8.13. The van der Waals surface area contributed by atoms with Gasteiger partial charge in [-0.25, -0.2) is 9.97 Å². The molecule has 4 aromatic heterocycles. The number of piperidine rings is 1. The predicted octanol–water partition coefficient (Wildman–Crippen LogP) is 3.03. The molecule has 2 bridgehead atoms. The number of hydrogen-bond donors (Lipinski definition) is 3. The predicted molar refractivity (Wildman–Crippen MR) is 135 cm³/mol. The van der Waals surface area contributed by atoms with Crippen LogP contribution in [0.15, 0.2) is 35.3 Å². The summed E-state index contributed by atoms with van der Waals surface area (Å²) in [6.07, 6.45) is 8.31. The Morgan fingerprint density at radius 2 is 1.94 bits per heavy atom. The molecule has 36 heavy (non-hydrogen) atoms. The molecule has 2 atom stereocenters. The number of nitrogens with one attached hydrogen (secondary N) is 1. The lowest BCUT2D eigenvalue weighted by atomic mass is 9.87. The highest BCUT2D eigenvalue weighted by molar-refractivity contribution is 9.10. The molecule has 12 heteroatoms. The van der Waals surface area contributed by atoms with Gasteiger partial charge in [-0.05, 0) is 61.5 Å². The molecule has 2 unspecified atom stereocenters. The third-order valence-electron chi connectivity index (χ3n) is 7.32. The van der Waals surface area contributed by atoms with E-state index in [0.717, 1.165) is 47.0 Å². The van der Waals surface area contributed by atoms with Gasteiger partial charge < -0.3 is 15.7 Å². The number of halogens is 1. The Balaban J connectivity index is 1.34. The summed E-state index contributed by atoms with van der Waals surface area (Å²) < 4.78 is 2.36. The maximum Gasteiger partial charge on any atom is 0.291 e. The summed E-state index contributed by atoms with van der Waals surface area (Å²) in [5.41, 5.74) is 9.24. The summed E-state index contributed by atoms with van der Waals surface area (Å²) in [4.78, 5) is 28.5. The standard InChI is InChI=1S/C24H26BrN9O2/c1-24(2,36)17-6-3-12(9-27-17)16-10-30-34-20(26)18(25)19(31-22(16)34)13-7-14-4-5-15(8-13)33(14)23(35)21-28-11-29-32-21/h3,6,9-11,13-15,36H,4-5,7-8,26H2,1-2H3,(H,28,29,32). The van der Waals surface area contributed by atoms with E-state index in [9.17, 15) is 9.90 Å². The first-order chi connectivity index (χ1) is 17.2. The molecule has 6 rings (SSSR count). The highest BCUT2D eigenvalue weighted by Gasteiger charge is 2.45. The summed E-state index contributed by atoms with van der Waals surface area (Å²) in [5.74, 6) is 0.806. The van der Waals surface area contributed by atoms with Crippen LogP contribution < -0.4 is 5.73 Å². The zero-order valence-corrected chi connectivity index (χ0v) is 21.5. The van der Waals surface area contributed by atoms with Crippen LogP contribution in [-0.4, -0.2) is 62.8 Å². The molecule has 4 aromatic rings. The van der Waals surface area contributed by atoms with E-state index < -0.39 is 5.60 Å². The maximum absolute atomic E-state index is 13.0. The Bertz CT molecular complexity index is 1430. The molecule has 11 nitrogen and oxygen atoms in total. The number of pyridine rings is 1. The molecular weight excluding hydrogens is 526 g/mol. The Labute approximate surface area is 215 Å². The minimum absolute atomic E-state index is 0.0967. The van der Waals surface area contributed by atoms with Gasteiger partial charge in [0.15, 0.2) is 5.65 Å². The highest BCUT2D eigenvalue weighted by Crippen LogP contribution is 2.45. The van der Waals surface area contributed by atoms with Crippen LogP contribution in [0.1, 0.15) is 67.5 Å². The van der Waals surface area contributed by atoms with Crippen LogP contribution in [0.4, 0.5) is 5.82 Å². The number of carbonyl (C=O) groups excluding carboxylic acids is 1. The van der Waals surface area contributed by atoms with Gasteiger partial charge in [0.2, 0.25) is 5.82 Å². The molecule has 0 saturated carbocycles. The number of fused-ring (bicyclic) bond motifs is 3. The van der Waals surface area contributed by atoms with Crippen molar-refractivity contribution in [2.45, 2.75) is 63.1 Å². The number of anilines is 1. The number of H-pyrrole nitrogens is 1. The van der Waals surface area contributed by atoms with Crippen molar-refractivity contribution in [1.82, 2.24) is 39.7 Å². The minimum atomic E-state index is -1.02. The van der Waals surface area contributed by atoms with Crippen molar-refractivity contribution in [2.75, 3.05) is 5.73 Å². The molecule has 4 N–H and O–H groups in total. The SMILES string of the molecule is CC(C)(O)c1ccc(-c2cnn3c(N)c(Br)c(C4CC5CCC(C4)N5C(=O)c4ncn[nH]4)nc23)cn1. The summed E-state index contributed by atoms with van der Waals surface area (Å²) in [7, 11) is 0. The molecule has 6 heterocycles. The second-order valence-electron chi connectivity index (χ2n) is 10.1. The van der Waals surface area contributed by atoms with E-state index in [4.69, 9.17) is 10.7 Å². The molecule has 0 spiro atoms. The monoisotopic (exact) mass is 551 g/mol. The first kappa shape index (κ1) is 23.0. The van der Waals surface area contributed by atoms with E-state index >= 15 is 0 Å². The second kappa shape index (κ2) is 8.34. The molecule has 2 aliphatic heterocycles. The number of aliphatic hydroxyl groups is 1. The number of hydrogen-bond acceptors (Lipinski definition) is 8. The van der Waals surface area contributed by atoms with E-state index in [-0.39, 0.29) is 29.7 Å². The molecule has 186 valence electrons. The summed E-state index contributed by atoms with van der Waals surface area (Å²) in [6.45, 7) is 3.40. The fraction of sp³-hybridized carbons (Fsp3) is 0.417. The lowest BCUT2D eigenvalue weighted by Crippen LogP contribution is -2.46. The zero-order chi connectivity index (χ0) is 25.2. The smallest absolute Gasteiger partial charge is 0.291 e. The number of aromatic amines is 1. The second-order valence-corrected chi connectivity index (χ2v) is 10.9. The normalized spacial score (nSPS) is 21.9. The van der Waals surface area contributed by atoms with Crippen LogP contribution in [0.3, 0.4) is 0 Å². The van der Waals surface area contributed by atoms with Crippen molar-refractivity contribution in [3.05, 3.63) is 52.5 Å². The molecule has 0 radical (unpaired) electrons. The van der Waals surface area contributed by atoms with Gasteiger partial charge in [-0.15, -0.1) is 0 Å². The van der Waals surface area contributed by atoms with E-state index in [1.165, 1.54) is 6.33 Å². The number of rotatable bonds is 4. The van der Waals surface area contributed by atoms with Crippen molar-refractivity contribution >= 4 is 33.3 Å². The van der Waals surface area contributed by atoms with E-state index in [1.54, 1.807) is 36.8 Å². The molecule has 2 fully saturated rings. The first-order valence-electron chi connectivity index (χ1n) is 11.9. The minimum Gasteiger partial charge on any atom is -0.384 e. The van der Waals surface area contributed by atoms with Crippen LogP contribution >= 0.6 is 15.9 Å². The fourth-order valence-corrected chi connectivity index (χ4v) is 6.15. The Morgan fingerprint density at radius 3 is 2.56 bits per heavy atom. The third kappa shape index (κ3) is 3.66. The highest BCUT2D eigenvalue weighted by atomic mass is 79.9. The molecule has 2 saturated heterocycles. The van der Waals surface area contributed by atoms with E-state index in [0.29, 0.717) is 17.2 Å². The van der Waals surface area contributed by atoms with Crippen LogP contribution in [-0.2, 0) is 5.60 Å². The quantitative estimate of drug-likeness (QED) is 0.350. The van der Waals surface area contributed by atoms with Crippen LogP contribution in [0.2, 0.25) is 0 Å². The van der Waals surface area contributed by atoms with Crippen molar-refractivity contribution in [2.24, 2.45) is 0 Å². The number of amides is 1. The lowest BCUT2D eigenvalue weighted by Gasteiger charge is -2.38. The van der Waals surface area contributed by atoms with Gasteiger partial charge in [0.05, 0.1) is 22.1 Å². The van der Waals surface area contributed by atoms with Crippen molar-refractivity contribution in [1.29, 1.82) is 0 Å². The van der Waals surface area contributed by atoms with Gasteiger partial charge in [-0.3, -0.25) is 14.9 Å². The first-order valence-corrected chi connectivity index (χ1v) is 12.7. The summed E-state index contributed by atoms with van der Waals surface area (Å²) >= 11 is 3.68. The van der Waals surface area contributed by atoms with Gasteiger partial charge in [-0.1, -0.05) is 6.07 Å². The van der Waals surface area contributed by atoms with Gasteiger partial charge in [-0.2, -0.15) is 14.7 Å². The molecule has 2 aliphatic rings. The largest absolute Gasteiger partial charge is 0.384 e. The van der Waals surface area contributed by atoms with Crippen molar-refractivity contribution in [3.8, 4) is 11.1 Å². The van der Waals surface area contributed by atoms with Crippen LogP contribution in [0.5, 0.6) is 0 Å². The average molecular weight is 552 g/mol. The van der Waals surface area contributed by atoms with Crippen LogP contribution in [0, 0.1) is 0 Å². The van der Waals surface area contributed by atoms with Gasteiger partial charge >= 0.3 is 0 Å². The zero-order valence-electron chi connectivity index (χ0n) is 19.9. The number of carbonyl (C=O) groups is 1. The van der Waals surface area contributed by atoms with Gasteiger partial charge in [0, 0.05) is 35.3 Å². The number of nitrogens with zero attached hydrogens (tertiary/aromatic N) is 7. The number of nitrogens with two attached hydrogens (primary N) is 1. The van der Waals surface area contributed by atoms with E-state index in [2.05, 4.69) is 41.2 Å².